The molecule has 1 saturated carbocycles. The molecule has 2 heterocycles. The summed E-state index contributed by atoms with van der Waals surface area (Å²) in [5.74, 6) is 2.54. The largest absolute Gasteiger partial charge is 0.490 e. The van der Waals surface area contributed by atoms with Crippen LogP contribution in [0.15, 0.2) is 6.33 Å². The van der Waals surface area contributed by atoms with Gasteiger partial charge in [-0.2, -0.15) is 0 Å². The first kappa shape index (κ1) is 14.4. The first-order valence-electron chi connectivity index (χ1n) is 7.72. The second-order valence-electron chi connectivity index (χ2n) is 6.07. The Balaban J connectivity index is 1.85. The number of anilines is 2. The normalized spacial score (nSPS) is 28.9. The van der Waals surface area contributed by atoms with Crippen molar-refractivity contribution in [3.8, 4) is 5.75 Å². The number of aliphatic hydroxyl groups is 1. The van der Waals surface area contributed by atoms with Crippen LogP contribution in [-0.2, 0) is 0 Å². The molecule has 3 rings (SSSR count). The Morgan fingerprint density at radius 2 is 2.24 bits per heavy atom. The molecule has 1 aliphatic carbocycles. The fourth-order valence-electron chi connectivity index (χ4n) is 3.72. The maximum Gasteiger partial charge on any atom is 0.204 e. The Hall–Kier alpha value is -1.56. The average Bonchev–Trinajstić information content (AvgIpc) is 2.53. The zero-order valence-electron chi connectivity index (χ0n) is 12.8. The van der Waals surface area contributed by atoms with E-state index < -0.39 is 5.60 Å². The Bertz CT molecular complexity index is 510. The van der Waals surface area contributed by atoms with E-state index in [0.717, 1.165) is 44.6 Å². The summed E-state index contributed by atoms with van der Waals surface area (Å²) in [4.78, 5) is 10.8. The first-order valence-corrected chi connectivity index (χ1v) is 7.72. The molecular weight excluding hydrogens is 268 g/mol. The van der Waals surface area contributed by atoms with Crippen LogP contribution in [-0.4, -0.2) is 47.9 Å². The summed E-state index contributed by atoms with van der Waals surface area (Å²) in [6.45, 7) is 1.65. The van der Waals surface area contributed by atoms with Gasteiger partial charge in [0.15, 0.2) is 11.6 Å². The molecule has 2 unspecified atom stereocenters. The van der Waals surface area contributed by atoms with E-state index in [1.165, 1.54) is 6.42 Å². The number of nitrogens with one attached hydrogen (secondary N) is 1. The summed E-state index contributed by atoms with van der Waals surface area (Å²) in [6.07, 6.45) is 6.76. The van der Waals surface area contributed by atoms with Crippen molar-refractivity contribution in [2.24, 2.45) is 5.92 Å². The maximum atomic E-state index is 10.8. The molecule has 2 fully saturated rings. The van der Waals surface area contributed by atoms with Gasteiger partial charge in [0.25, 0.3) is 0 Å². The fraction of sp³-hybridized carbons (Fsp3) is 0.733. The van der Waals surface area contributed by atoms with Crippen molar-refractivity contribution in [2.45, 2.75) is 37.7 Å². The second kappa shape index (κ2) is 5.67. The van der Waals surface area contributed by atoms with Gasteiger partial charge in [0.1, 0.15) is 6.33 Å². The number of piperidine rings is 1. The molecule has 1 aromatic heterocycles. The molecule has 2 N–H and O–H groups in total. The highest BCUT2D eigenvalue weighted by molar-refractivity contribution is 5.64. The quantitative estimate of drug-likeness (QED) is 0.883. The lowest BCUT2D eigenvalue weighted by Crippen LogP contribution is -2.53. The van der Waals surface area contributed by atoms with E-state index in [2.05, 4.69) is 20.2 Å². The molecule has 1 aromatic rings. The van der Waals surface area contributed by atoms with Crippen LogP contribution >= 0.6 is 0 Å². The van der Waals surface area contributed by atoms with Crippen molar-refractivity contribution in [3.63, 3.8) is 0 Å². The highest BCUT2D eigenvalue weighted by atomic mass is 16.5. The van der Waals surface area contributed by atoms with E-state index in [9.17, 15) is 5.11 Å². The van der Waals surface area contributed by atoms with Gasteiger partial charge in [-0.15, -0.1) is 0 Å². The molecule has 0 bridgehead atoms. The van der Waals surface area contributed by atoms with E-state index in [4.69, 9.17) is 4.74 Å². The van der Waals surface area contributed by atoms with Gasteiger partial charge in [-0.3, -0.25) is 0 Å². The number of aromatic nitrogens is 2. The Labute approximate surface area is 125 Å². The Morgan fingerprint density at radius 3 is 3.00 bits per heavy atom. The maximum absolute atomic E-state index is 10.8. The number of rotatable bonds is 3. The molecule has 1 saturated heterocycles. The van der Waals surface area contributed by atoms with Gasteiger partial charge >= 0.3 is 0 Å². The van der Waals surface area contributed by atoms with Gasteiger partial charge in [-0.25, -0.2) is 9.97 Å². The van der Waals surface area contributed by atoms with Gasteiger partial charge in [0.05, 0.1) is 12.7 Å². The number of fused-ring (bicyclic) bond motifs is 1. The molecule has 6 heteroatoms. The van der Waals surface area contributed by atoms with Crippen molar-refractivity contribution in [2.75, 3.05) is 37.5 Å². The predicted octanol–water partition coefficient (Wildman–Crippen LogP) is 1.66. The third-order valence-corrected chi connectivity index (χ3v) is 4.95. The SMILES string of the molecule is CNc1ncnc(N2CCC3(O)CCCCC3C2)c1OC. The third-order valence-electron chi connectivity index (χ3n) is 4.95. The molecule has 116 valence electrons. The van der Waals surface area contributed by atoms with Crippen LogP contribution in [0.4, 0.5) is 11.6 Å². The molecule has 0 spiro atoms. The Morgan fingerprint density at radius 1 is 1.38 bits per heavy atom. The molecule has 0 aromatic carbocycles. The molecule has 2 atom stereocenters. The molecule has 0 radical (unpaired) electrons. The highest BCUT2D eigenvalue weighted by Crippen LogP contribution is 2.42. The van der Waals surface area contributed by atoms with Crippen molar-refractivity contribution < 1.29 is 9.84 Å². The summed E-state index contributed by atoms with van der Waals surface area (Å²) in [5.41, 5.74) is -0.471. The second-order valence-corrected chi connectivity index (χ2v) is 6.07. The number of hydrogen-bond donors (Lipinski definition) is 2. The van der Waals surface area contributed by atoms with Crippen LogP contribution < -0.4 is 15.0 Å². The molecule has 6 nitrogen and oxygen atoms in total. The lowest BCUT2D eigenvalue weighted by atomic mass is 9.71. The lowest BCUT2D eigenvalue weighted by Gasteiger charge is -2.47. The van der Waals surface area contributed by atoms with E-state index in [1.54, 1.807) is 13.4 Å². The summed E-state index contributed by atoms with van der Waals surface area (Å²) < 4.78 is 5.49. The van der Waals surface area contributed by atoms with E-state index >= 15 is 0 Å². The van der Waals surface area contributed by atoms with Gasteiger partial charge in [-0.1, -0.05) is 12.8 Å². The minimum atomic E-state index is -0.471. The molecule has 2 aliphatic rings. The van der Waals surface area contributed by atoms with Gasteiger partial charge in [-0.05, 0) is 19.3 Å². The van der Waals surface area contributed by atoms with Crippen LogP contribution in [0.3, 0.4) is 0 Å². The number of nitrogens with zero attached hydrogens (tertiary/aromatic N) is 3. The van der Waals surface area contributed by atoms with Crippen molar-refractivity contribution in [1.29, 1.82) is 0 Å². The number of ether oxygens (including phenoxy) is 1. The topological polar surface area (TPSA) is 70.5 Å². The van der Waals surface area contributed by atoms with Crippen LogP contribution in [0.1, 0.15) is 32.1 Å². The summed E-state index contributed by atoms with van der Waals surface area (Å²) in [7, 11) is 3.47. The number of hydrogen-bond acceptors (Lipinski definition) is 6. The predicted molar refractivity (Wildman–Crippen MR) is 81.9 cm³/mol. The minimum absolute atomic E-state index is 0.331. The van der Waals surface area contributed by atoms with Crippen LogP contribution in [0.2, 0.25) is 0 Å². The first-order chi connectivity index (χ1) is 10.2. The zero-order chi connectivity index (χ0) is 14.9. The highest BCUT2D eigenvalue weighted by Gasteiger charge is 2.43. The lowest BCUT2D eigenvalue weighted by molar-refractivity contribution is -0.0614. The monoisotopic (exact) mass is 292 g/mol. The summed E-state index contributed by atoms with van der Waals surface area (Å²) in [6, 6.07) is 0. The van der Waals surface area contributed by atoms with Crippen molar-refractivity contribution in [1.82, 2.24) is 9.97 Å². The number of methoxy groups -OCH3 is 1. The fourth-order valence-corrected chi connectivity index (χ4v) is 3.72. The standard InChI is InChI=1S/C15H24N4O2/c1-16-13-12(21-2)14(18-10-17-13)19-8-7-15(20)6-4-3-5-11(15)9-19/h10-11,20H,3-9H2,1-2H3,(H,16,17,18). The van der Waals surface area contributed by atoms with Gasteiger partial charge < -0.3 is 20.1 Å². The van der Waals surface area contributed by atoms with E-state index in [1.807, 2.05) is 7.05 Å². The Kier molecular flexibility index (Phi) is 3.89. The third kappa shape index (κ3) is 2.52. The minimum Gasteiger partial charge on any atom is -0.490 e. The van der Waals surface area contributed by atoms with Crippen molar-refractivity contribution in [3.05, 3.63) is 6.33 Å². The smallest absolute Gasteiger partial charge is 0.204 e. The zero-order valence-corrected chi connectivity index (χ0v) is 12.8. The average molecular weight is 292 g/mol. The molecular formula is C15H24N4O2. The molecule has 0 amide bonds. The summed E-state index contributed by atoms with van der Waals surface area (Å²) >= 11 is 0. The van der Waals surface area contributed by atoms with Gasteiger partial charge in [0, 0.05) is 26.1 Å². The molecule has 21 heavy (non-hydrogen) atoms. The molecule has 1 aliphatic heterocycles. The van der Waals surface area contributed by atoms with Crippen LogP contribution in [0.25, 0.3) is 0 Å². The van der Waals surface area contributed by atoms with Crippen LogP contribution in [0.5, 0.6) is 5.75 Å². The van der Waals surface area contributed by atoms with E-state index in [0.29, 0.717) is 17.5 Å². The van der Waals surface area contributed by atoms with E-state index in [-0.39, 0.29) is 0 Å². The summed E-state index contributed by atoms with van der Waals surface area (Å²) in [5, 5.41) is 13.8. The van der Waals surface area contributed by atoms with Crippen LogP contribution in [0, 0.1) is 5.92 Å². The van der Waals surface area contributed by atoms with Crippen molar-refractivity contribution >= 4 is 11.6 Å². The van der Waals surface area contributed by atoms with Gasteiger partial charge in [0.2, 0.25) is 5.75 Å².